The second kappa shape index (κ2) is 22.5. The van der Waals surface area contributed by atoms with Crippen molar-refractivity contribution >= 4 is 0 Å². The summed E-state index contributed by atoms with van der Waals surface area (Å²) in [5.41, 5.74) is 2.61. The SMILES string of the molecule is CC.CC.COC=CCc1ccccc1.COC=CCc1ccccc1. The number of hydrogen-bond donors (Lipinski definition) is 0. The first kappa shape index (κ1) is 25.8. The molecule has 26 heavy (non-hydrogen) atoms. The minimum Gasteiger partial charge on any atom is -0.505 e. The largest absolute Gasteiger partial charge is 0.505 e. The first-order valence-corrected chi connectivity index (χ1v) is 9.30. The predicted molar refractivity (Wildman–Crippen MR) is 115 cm³/mol. The minimum absolute atomic E-state index is 0.939. The van der Waals surface area contributed by atoms with Crippen molar-refractivity contribution in [3.63, 3.8) is 0 Å². The highest BCUT2D eigenvalue weighted by atomic mass is 16.5. The lowest BCUT2D eigenvalue weighted by Crippen LogP contribution is -1.78. The van der Waals surface area contributed by atoms with Crippen LogP contribution in [0.25, 0.3) is 0 Å². The molecule has 0 aromatic heterocycles. The third kappa shape index (κ3) is 16.4. The summed E-state index contributed by atoms with van der Waals surface area (Å²) in [6.45, 7) is 8.00. The molecule has 0 saturated carbocycles. The fraction of sp³-hybridized carbons (Fsp3) is 0.333. The average molecular weight is 357 g/mol. The van der Waals surface area contributed by atoms with Crippen molar-refractivity contribution in [2.24, 2.45) is 0 Å². The first-order valence-electron chi connectivity index (χ1n) is 9.30. The molecule has 0 radical (unpaired) electrons. The van der Waals surface area contributed by atoms with E-state index in [0.717, 1.165) is 12.8 Å². The van der Waals surface area contributed by atoms with Crippen LogP contribution in [0.3, 0.4) is 0 Å². The lowest BCUT2D eigenvalue weighted by atomic mass is 10.2. The van der Waals surface area contributed by atoms with Crippen LogP contribution in [0.4, 0.5) is 0 Å². The van der Waals surface area contributed by atoms with Gasteiger partial charge in [0, 0.05) is 0 Å². The molecule has 0 spiro atoms. The van der Waals surface area contributed by atoms with Crippen LogP contribution in [0.2, 0.25) is 0 Å². The zero-order valence-corrected chi connectivity index (χ0v) is 17.3. The molecule has 0 amide bonds. The van der Waals surface area contributed by atoms with Gasteiger partial charge in [-0.1, -0.05) is 88.4 Å². The molecule has 0 unspecified atom stereocenters. The van der Waals surface area contributed by atoms with E-state index in [-0.39, 0.29) is 0 Å². The first-order chi connectivity index (χ1) is 12.9. The highest BCUT2D eigenvalue weighted by Gasteiger charge is 1.85. The maximum atomic E-state index is 4.78. The Balaban J connectivity index is 0. The molecule has 0 N–H and O–H groups in total. The summed E-state index contributed by atoms with van der Waals surface area (Å²) >= 11 is 0. The van der Waals surface area contributed by atoms with E-state index in [1.54, 1.807) is 26.7 Å². The van der Waals surface area contributed by atoms with Gasteiger partial charge in [0.15, 0.2) is 0 Å². The van der Waals surface area contributed by atoms with Crippen LogP contribution in [0.5, 0.6) is 0 Å². The third-order valence-electron chi connectivity index (χ3n) is 2.86. The van der Waals surface area contributed by atoms with E-state index in [9.17, 15) is 0 Å². The van der Waals surface area contributed by atoms with Gasteiger partial charge in [0.2, 0.25) is 0 Å². The summed E-state index contributed by atoms with van der Waals surface area (Å²) in [6.07, 6.45) is 9.27. The summed E-state index contributed by atoms with van der Waals surface area (Å²) in [6, 6.07) is 20.6. The molecule has 2 rings (SSSR count). The van der Waals surface area contributed by atoms with Crippen LogP contribution >= 0.6 is 0 Å². The van der Waals surface area contributed by atoms with Gasteiger partial charge in [-0.05, 0) is 36.1 Å². The second-order valence-corrected chi connectivity index (χ2v) is 4.59. The molecule has 2 nitrogen and oxygen atoms in total. The number of ether oxygens (including phenoxy) is 2. The Morgan fingerprint density at radius 2 is 0.885 bits per heavy atom. The molecule has 2 aromatic rings. The molecule has 0 heterocycles. The Bertz CT molecular complexity index is 479. The van der Waals surface area contributed by atoms with E-state index in [4.69, 9.17) is 9.47 Å². The van der Waals surface area contributed by atoms with Crippen LogP contribution in [0, 0.1) is 0 Å². The van der Waals surface area contributed by atoms with E-state index in [1.165, 1.54) is 11.1 Å². The summed E-state index contributed by atoms with van der Waals surface area (Å²) in [7, 11) is 3.31. The number of methoxy groups -OCH3 is 2. The van der Waals surface area contributed by atoms with E-state index in [0.29, 0.717) is 0 Å². The number of hydrogen-bond acceptors (Lipinski definition) is 2. The van der Waals surface area contributed by atoms with Gasteiger partial charge >= 0.3 is 0 Å². The van der Waals surface area contributed by atoms with Crippen LogP contribution in [-0.4, -0.2) is 14.2 Å². The Kier molecular flexibility index (Phi) is 22.3. The fourth-order valence-corrected chi connectivity index (χ4v) is 1.79. The Morgan fingerprint density at radius 1 is 0.577 bits per heavy atom. The van der Waals surface area contributed by atoms with Crippen molar-refractivity contribution < 1.29 is 9.47 Å². The molecule has 0 fully saturated rings. The zero-order valence-electron chi connectivity index (χ0n) is 17.3. The molecule has 2 aromatic carbocycles. The molecule has 2 heteroatoms. The van der Waals surface area contributed by atoms with Gasteiger partial charge < -0.3 is 9.47 Å². The highest BCUT2D eigenvalue weighted by molar-refractivity contribution is 5.17. The smallest absolute Gasteiger partial charge is 0.0788 e. The zero-order chi connectivity index (χ0) is 19.9. The molecule has 0 atom stereocenters. The minimum atomic E-state index is 0.939. The summed E-state index contributed by atoms with van der Waals surface area (Å²) in [4.78, 5) is 0. The van der Waals surface area contributed by atoms with Gasteiger partial charge in [-0.15, -0.1) is 0 Å². The average Bonchev–Trinajstić information content (AvgIpc) is 2.74. The van der Waals surface area contributed by atoms with E-state index >= 15 is 0 Å². The van der Waals surface area contributed by atoms with Crippen molar-refractivity contribution in [3.05, 3.63) is 96.5 Å². The Labute approximate surface area is 161 Å². The standard InChI is InChI=1S/2C10H12O.2C2H6/c2*1-11-9-5-8-10-6-3-2-4-7-10;2*1-2/h2*2-7,9H,8H2,1H3;2*1-2H3. The molecule has 0 saturated heterocycles. The van der Waals surface area contributed by atoms with Crippen molar-refractivity contribution in [3.8, 4) is 0 Å². The molecule has 144 valence electrons. The molecule has 0 aliphatic rings. The Morgan fingerprint density at radius 3 is 1.15 bits per heavy atom. The van der Waals surface area contributed by atoms with Gasteiger partial charge in [0.25, 0.3) is 0 Å². The molecular weight excluding hydrogens is 320 g/mol. The second-order valence-electron chi connectivity index (χ2n) is 4.59. The monoisotopic (exact) mass is 356 g/mol. The van der Waals surface area contributed by atoms with Crippen LogP contribution in [-0.2, 0) is 22.3 Å². The quantitative estimate of drug-likeness (QED) is 0.528. The lowest BCUT2D eigenvalue weighted by Gasteiger charge is -1.93. The third-order valence-corrected chi connectivity index (χ3v) is 2.86. The van der Waals surface area contributed by atoms with Gasteiger partial charge in [0.1, 0.15) is 0 Å². The van der Waals surface area contributed by atoms with Gasteiger partial charge in [-0.3, -0.25) is 0 Å². The topological polar surface area (TPSA) is 18.5 Å². The van der Waals surface area contributed by atoms with Crippen molar-refractivity contribution in [2.45, 2.75) is 40.5 Å². The Hall–Kier alpha value is -2.48. The normalized spacial score (nSPS) is 9.15. The maximum absolute atomic E-state index is 4.78. The maximum Gasteiger partial charge on any atom is 0.0788 e. The van der Waals surface area contributed by atoms with Gasteiger partial charge in [-0.2, -0.15) is 0 Å². The summed E-state index contributed by atoms with van der Waals surface area (Å²) in [5.74, 6) is 0. The number of rotatable bonds is 6. The highest BCUT2D eigenvalue weighted by Crippen LogP contribution is 2.00. The van der Waals surface area contributed by atoms with Crippen LogP contribution in [0.1, 0.15) is 38.8 Å². The fourth-order valence-electron chi connectivity index (χ4n) is 1.79. The predicted octanol–water partition coefficient (Wildman–Crippen LogP) is 6.83. The molecule has 0 aliphatic heterocycles. The number of allylic oxidation sites excluding steroid dienone is 2. The molecule has 0 aliphatic carbocycles. The summed E-state index contributed by atoms with van der Waals surface area (Å²) < 4.78 is 9.57. The summed E-state index contributed by atoms with van der Waals surface area (Å²) in [5, 5.41) is 0. The number of benzene rings is 2. The van der Waals surface area contributed by atoms with Crippen LogP contribution < -0.4 is 0 Å². The van der Waals surface area contributed by atoms with Gasteiger partial charge in [-0.25, -0.2) is 0 Å². The van der Waals surface area contributed by atoms with Crippen molar-refractivity contribution in [1.29, 1.82) is 0 Å². The van der Waals surface area contributed by atoms with E-state index < -0.39 is 0 Å². The van der Waals surface area contributed by atoms with E-state index in [2.05, 4.69) is 24.3 Å². The van der Waals surface area contributed by atoms with Gasteiger partial charge in [0.05, 0.1) is 26.7 Å². The molecule has 0 bridgehead atoms. The van der Waals surface area contributed by atoms with Crippen molar-refractivity contribution in [1.82, 2.24) is 0 Å². The van der Waals surface area contributed by atoms with Crippen LogP contribution in [0.15, 0.2) is 85.3 Å². The van der Waals surface area contributed by atoms with Crippen molar-refractivity contribution in [2.75, 3.05) is 14.2 Å². The molecular formula is C24H36O2. The lowest BCUT2D eigenvalue weighted by molar-refractivity contribution is 0.336. The van der Waals surface area contributed by atoms with E-state index in [1.807, 2.05) is 76.2 Å².